The normalized spacial score (nSPS) is 24.1. The lowest BCUT2D eigenvalue weighted by Crippen LogP contribution is -2.49. The number of rotatable bonds is 6. The maximum Gasteiger partial charge on any atom is 0.345 e. The molecule has 0 unspecified atom stereocenters. The predicted octanol–water partition coefficient (Wildman–Crippen LogP) is 3.52. The standard InChI is InChI=1S/C23H24N2O4/c26-21(28-15-17-7-3-1-4-8-17)19-13-23(11-12-23)20-14-24(19)22(27)25(20)29-16-18-9-5-2-6-10-18/h1-10,19-20H,11-16H2/t19-,20-/m0/s1. The average Bonchev–Trinajstić information content (AvgIpc) is 3.47. The van der Waals surface area contributed by atoms with E-state index in [0.29, 0.717) is 19.6 Å². The van der Waals surface area contributed by atoms with Crippen LogP contribution in [0.25, 0.3) is 0 Å². The van der Waals surface area contributed by atoms with Gasteiger partial charge in [0.15, 0.2) is 0 Å². The maximum atomic E-state index is 13.0. The summed E-state index contributed by atoms with van der Waals surface area (Å²) in [6, 6.07) is 18.7. The van der Waals surface area contributed by atoms with Gasteiger partial charge < -0.3 is 9.64 Å². The first-order valence-corrected chi connectivity index (χ1v) is 10.1. The van der Waals surface area contributed by atoms with Gasteiger partial charge in [-0.1, -0.05) is 60.7 Å². The lowest BCUT2D eigenvalue weighted by atomic mass is 9.85. The summed E-state index contributed by atoms with van der Waals surface area (Å²) < 4.78 is 5.56. The molecule has 2 atom stereocenters. The quantitative estimate of drug-likeness (QED) is 0.706. The number of amides is 2. The zero-order valence-electron chi connectivity index (χ0n) is 16.2. The van der Waals surface area contributed by atoms with Crippen LogP contribution in [0.15, 0.2) is 60.7 Å². The second-order valence-corrected chi connectivity index (χ2v) is 8.21. The summed E-state index contributed by atoms with van der Waals surface area (Å²) in [6.07, 6.45) is 2.70. The van der Waals surface area contributed by atoms with E-state index in [0.717, 1.165) is 24.0 Å². The van der Waals surface area contributed by atoms with Gasteiger partial charge in [0, 0.05) is 6.54 Å². The van der Waals surface area contributed by atoms with Crippen LogP contribution in [0.3, 0.4) is 0 Å². The molecule has 2 aliphatic heterocycles. The van der Waals surface area contributed by atoms with E-state index in [9.17, 15) is 9.59 Å². The second kappa shape index (κ2) is 7.19. The van der Waals surface area contributed by atoms with E-state index in [1.165, 1.54) is 5.06 Å². The number of nitrogens with zero attached hydrogens (tertiary/aromatic N) is 2. The van der Waals surface area contributed by atoms with Crippen molar-refractivity contribution in [2.75, 3.05) is 6.54 Å². The summed E-state index contributed by atoms with van der Waals surface area (Å²) in [5, 5.41) is 1.52. The smallest absolute Gasteiger partial charge is 0.345 e. The van der Waals surface area contributed by atoms with Crippen LogP contribution in [0.5, 0.6) is 0 Å². The first-order valence-electron chi connectivity index (χ1n) is 10.1. The molecule has 0 aromatic heterocycles. The van der Waals surface area contributed by atoms with E-state index in [1.54, 1.807) is 4.90 Å². The molecule has 2 saturated heterocycles. The first-order chi connectivity index (χ1) is 14.2. The van der Waals surface area contributed by atoms with Crippen LogP contribution in [-0.4, -0.2) is 40.6 Å². The molecule has 1 saturated carbocycles. The third kappa shape index (κ3) is 3.38. The monoisotopic (exact) mass is 392 g/mol. The van der Waals surface area contributed by atoms with Crippen molar-refractivity contribution in [2.45, 2.75) is 44.6 Å². The number of urea groups is 1. The lowest BCUT2D eigenvalue weighted by Gasteiger charge is -2.35. The lowest BCUT2D eigenvalue weighted by molar-refractivity contribution is -0.157. The molecule has 5 rings (SSSR count). The third-order valence-corrected chi connectivity index (χ3v) is 6.37. The van der Waals surface area contributed by atoms with Gasteiger partial charge in [0.25, 0.3) is 0 Å². The van der Waals surface area contributed by atoms with Gasteiger partial charge >= 0.3 is 12.0 Å². The van der Waals surface area contributed by atoms with E-state index in [4.69, 9.17) is 9.57 Å². The van der Waals surface area contributed by atoms with Crippen LogP contribution in [0.1, 0.15) is 30.4 Å². The fourth-order valence-electron chi connectivity index (χ4n) is 4.53. The van der Waals surface area contributed by atoms with E-state index in [2.05, 4.69) is 0 Å². The van der Waals surface area contributed by atoms with Crippen molar-refractivity contribution in [3.63, 3.8) is 0 Å². The summed E-state index contributed by atoms with van der Waals surface area (Å²) in [6.45, 7) is 1.09. The molecule has 2 heterocycles. The van der Waals surface area contributed by atoms with Crippen LogP contribution < -0.4 is 0 Å². The predicted molar refractivity (Wildman–Crippen MR) is 105 cm³/mol. The Morgan fingerprint density at radius 2 is 1.59 bits per heavy atom. The Morgan fingerprint density at radius 1 is 0.966 bits per heavy atom. The highest BCUT2D eigenvalue weighted by atomic mass is 16.7. The number of hydrogen-bond donors (Lipinski definition) is 0. The summed E-state index contributed by atoms with van der Waals surface area (Å²) in [4.78, 5) is 33.4. The van der Waals surface area contributed by atoms with Crippen LogP contribution >= 0.6 is 0 Å². The number of hydrogen-bond acceptors (Lipinski definition) is 4. The van der Waals surface area contributed by atoms with Gasteiger partial charge in [0.1, 0.15) is 19.3 Å². The van der Waals surface area contributed by atoms with E-state index in [-0.39, 0.29) is 30.1 Å². The molecule has 2 aromatic rings. The van der Waals surface area contributed by atoms with Crippen LogP contribution in [0, 0.1) is 5.41 Å². The van der Waals surface area contributed by atoms with E-state index >= 15 is 0 Å². The Balaban J connectivity index is 1.28. The SMILES string of the molecule is O=C(OCc1ccccc1)[C@@H]1CC2(CC2)[C@@H]2CN1C(=O)N2OCc1ccccc1. The average molecular weight is 392 g/mol. The molecule has 2 aromatic carbocycles. The zero-order valence-corrected chi connectivity index (χ0v) is 16.2. The number of esters is 1. The van der Waals surface area contributed by atoms with Crippen LogP contribution in [0.2, 0.25) is 0 Å². The molecule has 150 valence electrons. The van der Waals surface area contributed by atoms with Crippen LogP contribution in [0.4, 0.5) is 4.79 Å². The summed E-state index contributed by atoms with van der Waals surface area (Å²) in [5.41, 5.74) is 1.94. The van der Waals surface area contributed by atoms with Crippen molar-refractivity contribution in [1.82, 2.24) is 9.96 Å². The highest BCUT2D eigenvalue weighted by molar-refractivity contribution is 5.86. The van der Waals surface area contributed by atoms with Crippen molar-refractivity contribution in [2.24, 2.45) is 5.41 Å². The molecule has 1 aliphatic carbocycles. The number of benzene rings is 2. The second-order valence-electron chi connectivity index (χ2n) is 8.21. The van der Waals surface area contributed by atoms with Gasteiger partial charge in [-0.2, -0.15) is 5.06 Å². The van der Waals surface area contributed by atoms with Crippen molar-refractivity contribution in [1.29, 1.82) is 0 Å². The van der Waals surface area contributed by atoms with Gasteiger partial charge in [-0.3, -0.25) is 4.84 Å². The van der Waals surface area contributed by atoms with Gasteiger partial charge in [-0.05, 0) is 35.8 Å². The third-order valence-electron chi connectivity index (χ3n) is 6.37. The molecular weight excluding hydrogens is 368 g/mol. The Kier molecular flexibility index (Phi) is 4.51. The van der Waals surface area contributed by atoms with Gasteiger partial charge in [-0.25, -0.2) is 9.59 Å². The molecule has 0 N–H and O–H groups in total. The molecule has 3 fully saturated rings. The minimum Gasteiger partial charge on any atom is -0.459 e. The van der Waals surface area contributed by atoms with E-state index < -0.39 is 6.04 Å². The van der Waals surface area contributed by atoms with Crippen molar-refractivity contribution < 1.29 is 19.2 Å². The summed E-state index contributed by atoms with van der Waals surface area (Å²) in [7, 11) is 0. The Bertz CT molecular complexity index is 898. The van der Waals surface area contributed by atoms with Gasteiger partial charge in [0.2, 0.25) is 0 Å². The number of carbonyl (C=O) groups excluding carboxylic acids is 2. The topological polar surface area (TPSA) is 59.1 Å². The van der Waals surface area contributed by atoms with Gasteiger partial charge in [0.05, 0.1) is 6.04 Å². The van der Waals surface area contributed by atoms with E-state index in [1.807, 2.05) is 60.7 Å². The highest BCUT2D eigenvalue weighted by Crippen LogP contribution is 2.59. The maximum absolute atomic E-state index is 13.0. The number of carbonyl (C=O) groups is 2. The fraction of sp³-hybridized carbons (Fsp3) is 0.391. The Labute approximate surface area is 170 Å². The molecule has 2 amide bonds. The minimum absolute atomic E-state index is 0.0110. The molecule has 6 heteroatoms. The molecule has 3 aliphatic rings. The largest absolute Gasteiger partial charge is 0.459 e. The fourth-order valence-corrected chi connectivity index (χ4v) is 4.53. The number of ether oxygens (including phenoxy) is 1. The van der Waals surface area contributed by atoms with Crippen molar-refractivity contribution in [3.8, 4) is 0 Å². The van der Waals surface area contributed by atoms with Crippen molar-refractivity contribution in [3.05, 3.63) is 71.8 Å². The number of hydroxylamine groups is 2. The summed E-state index contributed by atoms with van der Waals surface area (Å²) >= 11 is 0. The molecule has 6 nitrogen and oxygen atoms in total. The van der Waals surface area contributed by atoms with Gasteiger partial charge in [-0.15, -0.1) is 0 Å². The van der Waals surface area contributed by atoms with Crippen molar-refractivity contribution >= 4 is 12.0 Å². The summed E-state index contributed by atoms with van der Waals surface area (Å²) in [5.74, 6) is -0.322. The highest BCUT2D eigenvalue weighted by Gasteiger charge is 2.64. The Morgan fingerprint density at radius 3 is 2.21 bits per heavy atom. The Hall–Kier alpha value is -2.86. The molecule has 0 radical (unpaired) electrons. The first kappa shape index (κ1) is 18.2. The molecule has 29 heavy (non-hydrogen) atoms. The minimum atomic E-state index is -0.532. The zero-order chi connectivity index (χ0) is 19.8. The number of piperidine rings is 1. The molecule has 1 spiro atoms. The number of fused-ring (bicyclic) bond motifs is 3. The molecular formula is C23H24N2O4. The molecule has 2 bridgehead atoms. The van der Waals surface area contributed by atoms with Crippen LogP contribution in [-0.2, 0) is 27.6 Å².